The van der Waals surface area contributed by atoms with Crippen LogP contribution in [0.4, 0.5) is 5.69 Å². The van der Waals surface area contributed by atoms with E-state index in [2.05, 4.69) is 10.5 Å². The van der Waals surface area contributed by atoms with Gasteiger partial charge in [0.1, 0.15) is 11.3 Å². The molecule has 1 aliphatic rings. The van der Waals surface area contributed by atoms with Crippen molar-refractivity contribution in [2.75, 3.05) is 5.43 Å². The second-order valence-corrected chi connectivity index (χ2v) is 7.58. The molecule has 6 nitrogen and oxygen atoms in total. The van der Waals surface area contributed by atoms with Gasteiger partial charge in [0, 0.05) is 12.5 Å². The molecule has 1 heterocycles. The zero-order valence-electron chi connectivity index (χ0n) is 16.4. The molecule has 0 fully saturated rings. The Morgan fingerprint density at radius 2 is 1.67 bits per heavy atom. The first-order valence-electron chi connectivity index (χ1n) is 8.96. The number of hydrogen-bond acceptors (Lipinski definition) is 5. The van der Waals surface area contributed by atoms with Crippen LogP contribution in [0.1, 0.15) is 38.8 Å². The van der Waals surface area contributed by atoms with Crippen LogP contribution >= 0.6 is 0 Å². The van der Waals surface area contributed by atoms with E-state index in [4.69, 9.17) is 0 Å². The lowest BCUT2D eigenvalue weighted by Crippen LogP contribution is -2.57. The van der Waals surface area contributed by atoms with Crippen molar-refractivity contribution in [2.24, 2.45) is 5.10 Å². The number of nitrogens with one attached hydrogen (secondary N) is 1. The van der Waals surface area contributed by atoms with Gasteiger partial charge in [-0.25, -0.2) is 0 Å². The van der Waals surface area contributed by atoms with Gasteiger partial charge in [0.2, 0.25) is 5.71 Å². The van der Waals surface area contributed by atoms with Gasteiger partial charge in [0.05, 0.1) is 5.69 Å². The van der Waals surface area contributed by atoms with Crippen LogP contribution in [0.2, 0.25) is 0 Å². The molecule has 1 aliphatic heterocycles. The van der Waals surface area contributed by atoms with Crippen molar-refractivity contribution in [3.8, 4) is 0 Å². The summed E-state index contributed by atoms with van der Waals surface area (Å²) in [4.78, 5) is 0. The molecule has 2 aromatic rings. The fourth-order valence-electron chi connectivity index (χ4n) is 3.45. The van der Waals surface area contributed by atoms with Gasteiger partial charge in [-0.1, -0.05) is 35.9 Å². The minimum Gasteiger partial charge on any atom is -0.622 e. The second-order valence-electron chi connectivity index (χ2n) is 7.58. The van der Waals surface area contributed by atoms with E-state index < -0.39 is 11.2 Å². The molecule has 6 heteroatoms. The molecule has 0 bridgehead atoms. The first-order chi connectivity index (χ1) is 12.7. The maximum atomic E-state index is 13.4. The normalized spacial score (nSPS) is 23.0. The van der Waals surface area contributed by atoms with Gasteiger partial charge in [0.15, 0.2) is 0 Å². The number of hydrazone groups is 1. The number of anilines is 1. The number of hydroxylamine groups is 3. The molecule has 1 atom stereocenters. The summed E-state index contributed by atoms with van der Waals surface area (Å²) in [5, 5.41) is 29.8. The molecule has 1 unspecified atom stereocenters. The van der Waals surface area contributed by atoms with Gasteiger partial charge in [-0.2, -0.15) is 9.84 Å². The van der Waals surface area contributed by atoms with Crippen molar-refractivity contribution >= 4 is 17.1 Å². The minimum absolute atomic E-state index is 0.457. The average Bonchev–Trinajstić information content (AvgIpc) is 2.79. The van der Waals surface area contributed by atoms with Crippen LogP contribution in [-0.2, 0) is 0 Å². The SMILES string of the molecule is C/C(=N/Nc1ccccc1)C1(C)N(O)C(C)(C)C(c2ccc(C)cc2)=[N+]1[O-]. The number of rotatable bonds is 4. The smallest absolute Gasteiger partial charge is 0.289 e. The summed E-state index contributed by atoms with van der Waals surface area (Å²) < 4.78 is 0.864. The largest absolute Gasteiger partial charge is 0.622 e. The minimum atomic E-state index is -1.33. The van der Waals surface area contributed by atoms with Crippen molar-refractivity contribution in [1.29, 1.82) is 0 Å². The molecule has 0 aromatic heterocycles. The number of aryl methyl sites for hydroxylation is 1. The van der Waals surface area contributed by atoms with Gasteiger partial charge in [-0.05, 0) is 52.0 Å². The van der Waals surface area contributed by atoms with Gasteiger partial charge < -0.3 is 10.4 Å². The third-order valence-corrected chi connectivity index (χ3v) is 5.26. The fraction of sp³-hybridized carbons (Fsp3) is 0.333. The summed E-state index contributed by atoms with van der Waals surface area (Å²) >= 11 is 0. The van der Waals surface area contributed by atoms with E-state index in [0.717, 1.165) is 26.6 Å². The quantitative estimate of drug-likeness (QED) is 0.371. The van der Waals surface area contributed by atoms with E-state index in [1.807, 2.05) is 75.4 Å². The highest BCUT2D eigenvalue weighted by Crippen LogP contribution is 2.36. The molecule has 27 heavy (non-hydrogen) atoms. The molecule has 0 aliphatic carbocycles. The van der Waals surface area contributed by atoms with E-state index in [9.17, 15) is 10.4 Å². The van der Waals surface area contributed by atoms with Crippen LogP contribution < -0.4 is 5.43 Å². The van der Waals surface area contributed by atoms with Crippen molar-refractivity contribution in [3.05, 3.63) is 70.9 Å². The van der Waals surface area contributed by atoms with E-state index in [-0.39, 0.29) is 0 Å². The highest BCUT2D eigenvalue weighted by molar-refractivity contribution is 6.06. The fourth-order valence-corrected chi connectivity index (χ4v) is 3.45. The van der Waals surface area contributed by atoms with Gasteiger partial charge in [0.25, 0.3) is 5.66 Å². The van der Waals surface area contributed by atoms with E-state index in [1.165, 1.54) is 0 Å². The lowest BCUT2D eigenvalue weighted by Gasteiger charge is -2.32. The third-order valence-electron chi connectivity index (χ3n) is 5.26. The lowest BCUT2D eigenvalue weighted by molar-refractivity contribution is -0.560. The Labute approximate surface area is 160 Å². The molecule has 0 amide bonds. The zero-order chi connectivity index (χ0) is 19.8. The molecule has 0 spiro atoms. The van der Waals surface area contributed by atoms with Gasteiger partial charge >= 0.3 is 0 Å². The highest BCUT2D eigenvalue weighted by atomic mass is 16.6. The second kappa shape index (κ2) is 6.79. The number of benzene rings is 2. The summed E-state index contributed by atoms with van der Waals surface area (Å²) in [7, 11) is 0. The van der Waals surface area contributed by atoms with Crippen molar-refractivity contribution in [3.63, 3.8) is 0 Å². The zero-order valence-corrected chi connectivity index (χ0v) is 16.4. The standard InChI is InChI=1S/C21H26N4O2/c1-15-11-13-17(14-12-15)19-20(3,4)25(27)21(5,24(19)26)16(2)22-23-18-9-7-6-8-10-18/h6-14,23,27H,1-5H3/b22-16-. The van der Waals surface area contributed by atoms with Gasteiger partial charge in [-0.3, -0.25) is 5.43 Å². The summed E-state index contributed by atoms with van der Waals surface area (Å²) in [6.07, 6.45) is 0. The predicted molar refractivity (Wildman–Crippen MR) is 108 cm³/mol. The van der Waals surface area contributed by atoms with Crippen molar-refractivity contribution in [2.45, 2.75) is 45.8 Å². The van der Waals surface area contributed by atoms with Gasteiger partial charge in [-0.15, -0.1) is 5.06 Å². The average molecular weight is 366 g/mol. The third kappa shape index (κ3) is 3.11. The Bertz CT molecular complexity index is 888. The molecular weight excluding hydrogens is 340 g/mol. The van der Waals surface area contributed by atoms with E-state index in [1.54, 1.807) is 13.8 Å². The van der Waals surface area contributed by atoms with Crippen LogP contribution in [0.3, 0.4) is 0 Å². The molecule has 2 N–H and O–H groups in total. The molecule has 2 aromatic carbocycles. The molecular formula is C21H26N4O2. The maximum Gasteiger partial charge on any atom is 0.289 e. The first-order valence-corrected chi connectivity index (χ1v) is 8.96. The monoisotopic (exact) mass is 366 g/mol. The van der Waals surface area contributed by atoms with Crippen LogP contribution in [0.25, 0.3) is 0 Å². The Hall–Kier alpha value is -2.70. The molecule has 3 rings (SSSR count). The van der Waals surface area contributed by atoms with Crippen molar-refractivity contribution < 1.29 is 9.95 Å². The van der Waals surface area contributed by atoms with Crippen LogP contribution in [0.15, 0.2) is 59.7 Å². The Morgan fingerprint density at radius 1 is 1.07 bits per heavy atom. The summed E-state index contributed by atoms with van der Waals surface area (Å²) in [5.74, 6) is 0. The molecule has 0 saturated heterocycles. The summed E-state index contributed by atoms with van der Waals surface area (Å²) in [6.45, 7) is 9.07. The number of hydrogen-bond donors (Lipinski definition) is 2. The number of para-hydroxylation sites is 1. The Kier molecular flexibility index (Phi) is 4.80. The Balaban J connectivity index is 2.04. The van der Waals surface area contributed by atoms with Crippen LogP contribution in [0, 0.1) is 12.1 Å². The molecule has 0 radical (unpaired) electrons. The van der Waals surface area contributed by atoms with Crippen LogP contribution in [0.5, 0.6) is 0 Å². The van der Waals surface area contributed by atoms with Crippen molar-refractivity contribution in [1.82, 2.24) is 5.06 Å². The molecule has 142 valence electrons. The van der Waals surface area contributed by atoms with Crippen LogP contribution in [-0.4, -0.2) is 37.6 Å². The predicted octanol–water partition coefficient (Wildman–Crippen LogP) is 3.98. The summed E-state index contributed by atoms with van der Waals surface area (Å²) in [5.41, 5.74) is 4.41. The topological polar surface area (TPSA) is 73.9 Å². The number of nitrogens with zero attached hydrogens (tertiary/aromatic N) is 3. The lowest BCUT2D eigenvalue weighted by atomic mass is 9.92. The Morgan fingerprint density at radius 3 is 2.26 bits per heavy atom. The highest BCUT2D eigenvalue weighted by Gasteiger charge is 2.61. The van der Waals surface area contributed by atoms with E-state index in [0.29, 0.717) is 11.4 Å². The van der Waals surface area contributed by atoms with E-state index >= 15 is 0 Å². The first kappa shape index (κ1) is 19.1. The summed E-state index contributed by atoms with van der Waals surface area (Å²) in [6, 6.07) is 17.2. The molecule has 0 saturated carbocycles. The maximum absolute atomic E-state index is 13.4.